The molecule has 0 saturated carbocycles. The van der Waals surface area contributed by atoms with Gasteiger partial charge in [0.2, 0.25) is 5.91 Å². The van der Waals surface area contributed by atoms with Gasteiger partial charge in [0.15, 0.2) is 5.65 Å². The topological polar surface area (TPSA) is 76.9 Å². The first-order valence-corrected chi connectivity index (χ1v) is 11.2. The molecule has 6 nitrogen and oxygen atoms in total. The van der Waals surface area contributed by atoms with Crippen molar-refractivity contribution in [2.75, 3.05) is 5.32 Å². The minimum absolute atomic E-state index is 0.276. The van der Waals surface area contributed by atoms with Gasteiger partial charge in [-0.1, -0.05) is 72.8 Å². The molecule has 0 bridgehead atoms. The average molecular weight is 459 g/mol. The SMILES string of the molecule is O=C(C=Cc1ccccc1)Nc1ccccc1-n1c(=O)c(Cc2ccccc2)nc2cccnc21. The third kappa shape index (κ3) is 4.91. The summed E-state index contributed by atoms with van der Waals surface area (Å²) < 4.78 is 1.52. The van der Waals surface area contributed by atoms with Crippen LogP contribution in [0.1, 0.15) is 16.8 Å². The number of nitrogens with one attached hydrogen (secondary N) is 1. The van der Waals surface area contributed by atoms with Gasteiger partial charge < -0.3 is 5.32 Å². The van der Waals surface area contributed by atoms with Crippen LogP contribution in [0.2, 0.25) is 0 Å². The second-order valence-electron chi connectivity index (χ2n) is 7.96. The van der Waals surface area contributed by atoms with Crippen LogP contribution in [-0.2, 0) is 11.2 Å². The molecule has 5 rings (SSSR count). The van der Waals surface area contributed by atoms with Crippen LogP contribution in [0.25, 0.3) is 22.9 Å². The van der Waals surface area contributed by atoms with Crippen LogP contribution >= 0.6 is 0 Å². The number of amides is 1. The lowest BCUT2D eigenvalue weighted by molar-refractivity contribution is -0.111. The second kappa shape index (κ2) is 9.97. The van der Waals surface area contributed by atoms with Crippen molar-refractivity contribution >= 4 is 28.8 Å². The number of para-hydroxylation sites is 2. The molecule has 1 amide bonds. The van der Waals surface area contributed by atoms with Crippen molar-refractivity contribution in [3.05, 3.63) is 137 Å². The number of anilines is 1. The molecule has 0 unspecified atom stereocenters. The second-order valence-corrected chi connectivity index (χ2v) is 7.96. The fourth-order valence-corrected chi connectivity index (χ4v) is 3.88. The highest BCUT2D eigenvalue weighted by Crippen LogP contribution is 2.22. The monoisotopic (exact) mass is 458 g/mol. The Morgan fingerprint density at radius 3 is 2.37 bits per heavy atom. The standard InChI is InChI=1S/C29H22N4O2/c34-27(18-17-21-10-3-1-4-11-21)32-23-14-7-8-16-26(23)33-28-24(15-9-19-30-28)31-25(29(33)35)20-22-12-5-2-6-13-22/h1-19H,20H2,(H,32,34). The molecule has 0 spiro atoms. The van der Waals surface area contributed by atoms with Crippen molar-refractivity contribution in [2.45, 2.75) is 6.42 Å². The van der Waals surface area contributed by atoms with E-state index >= 15 is 0 Å². The van der Waals surface area contributed by atoms with E-state index in [2.05, 4.69) is 15.3 Å². The molecule has 0 radical (unpaired) electrons. The highest BCUT2D eigenvalue weighted by molar-refractivity contribution is 6.03. The summed E-state index contributed by atoms with van der Waals surface area (Å²) in [5.74, 6) is -0.301. The molecule has 2 aromatic heterocycles. The molecule has 0 fully saturated rings. The van der Waals surface area contributed by atoms with E-state index in [9.17, 15) is 9.59 Å². The first kappa shape index (κ1) is 22.0. The molecular formula is C29H22N4O2. The number of pyridine rings is 1. The van der Waals surface area contributed by atoms with Gasteiger partial charge in [-0.3, -0.25) is 14.2 Å². The normalized spacial score (nSPS) is 11.1. The lowest BCUT2D eigenvalue weighted by Crippen LogP contribution is -2.26. The van der Waals surface area contributed by atoms with Crippen LogP contribution in [0, 0.1) is 0 Å². The summed E-state index contributed by atoms with van der Waals surface area (Å²) in [6.07, 6.45) is 5.23. The van der Waals surface area contributed by atoms with Gasteiger partial charge in [0.25, 0.3) is 5.56 Å². The Kier molecular flexibility index (Phi) is 6.26. The van der Waals surface area contributed by atoms with Crippen molar-refractivity contribution in [1.82, 2.24) is 14.5 Å². The van der Waals surface area contributed by atoms with Gasteiger partial charge in [-0.15, -0.1) is 0 Å². The van der Waals surface area contributed by atoms with E-state index in [0.717, 1.165) is 11.1 Å². The zero-order valence-corrected chi connectivity index (χ0v) is 18.8. The Balaban J connectivity index is 1.56. The molecule has 35 heavy (non-hydrogen) atoms. The van der Waals surface area contributed by atoms with Gasteiger partial charge in [0.1, 0.15) is 11.2 Å². The van der Waals surface area contributed by atoms with Crippen molar-refractivity contribution in [3.63, 3.8) is 0 Å². The van der Waals surface area contributed by atoms with Crippen LogP contribution in [0.3, 0.4) is 0 Å². The highest BCUT2D eigenvalue weighted by Gasteiger charge is 2.17. The number of aromatic nitrogens is 3. The van der Waals surface area contributed by atoms with Crippen molar-refractivity contribution < 1.29 is 4.79 Å². The number of fused-ring (bicyclic) bond motifs is 1. The molecule has 6 heteroatoms. The Morgan fingerprint density at radius 1 is 0.857 bits per heavy atom. The van der Waals surface area contributed by atoms with E-state index in [1.165, 1.54) is 10.6 Å². The van der Waals surface area contributed by atoms with Gasteiger partial charge >= 0.3 is 0 Å². The zero-order chi connectivity index (χ0) is 24.0. The first-order valence-electron chi connectivity index (χ1n) is 11.2. The highest BCUT2D eigenvalue weighted by atomic mass is 16.1. The number of hydrogen-bond acceptors (Lipinski definition) is 4. The Bertz CT molecular complexity index is 1580. The smallest absolute Gasteiger partial charge is 0.278 e. The van der Waals surface area contributed by atoms with Crippen LogP contribution in [0.15, 0.2) is 114 Å². The number of nitrogens with zero attached hydrogens (tertiary/aromatic N) is 3. The summed E-state index contributed by atoms with van der Waals surface area (Å²) in [4.78, 5) is 35.4. The summed E-state index contributed by atoms with van der Waals surface area (Å²) >= 11 is 0. The summed E-state index contributed by atoms with van der Waals surface area (Å²) in [7, 11) is 0. The van der Waals surface area contributed by atoms with E-state index in [1.807, 2.05) is 78.9 Å². The van der Waals surface area contributed by atoms with Crippen LogP contribution in [-0.4, -0.2) is 20.4 Å². The summed E-state index contributed by atoms with van der Waals surface area (Å²) in [5.41, 5.74) is 4.09. The summed E-state index contributed by atoms with van der Waals surface area (Å²) in [6.45, 7) is 0. The molecular weight excluding hydrogens is 436 g/mol. The number of carbonyl (C=O) groups is 1. The lowest BCUT2D eigenvalue weighted by atomic mass is 10.1. The van der Waals surface area contributed by atoms with E-state index in [1.54, 1.807) is 30.5 Å². The predicted molar refractivity (Wildman–Crippen MR) is 138 cm³/mol. The number of hydrogen-bond donors (Lipinski definition) is 1. The van der Waals surface area contributed by atoms with Gasteiger partial charge in [-0.05, 0) is 41.5 Å². The minimum atomic E-state index is -0.301. The van der Waals surface area contributed by atoms with E-state index in [-0.39, 0.29) is 11.5 Å². The molecule has 3 aromatic carbocycles. The maximum atomic E-state index is 13.7. The maximum Gasteiger partial charge on any atom is 0.278 e. The number of rotatable bonds is 6. The summed E-state index contributed by atoms with van der Waals surface area (Å²) in [6, 6.07) is 30.1. The zero-order valence-electron chi connectivity index (χ0n) is 18.8. The summed E-state index contributed by atoms with van der Waals surface area (Å²) in [5, 5.41) is 2.91. The quantitative estimate of drug-likeness (QED) is 0.362. The van der Waals surface area contributed by atoms with E-state index < -0.39 is 0 Å². The fourth-order valence-electron chi connectivity index (χ4n) is 3.88. The molecule has 0 saturated heterocycles. The van der Waals surface area contributed by atoms with Gasteiger partial charge in [-0.2, -0.15) is 0 Å². The van der Waals surface area contributed by atoms with Crippen molar-refractivity contribution in [1.29, 1.82) is 0 Å². The molecule has 2 heterocycles. The molecule has 0 atom stereocenters. The molecule has 5 aromatic rings. The molecule has 0 aliphatic heterocycles. The van der Waals surface area contributed by atoms with Crippen LogP contribution in [0.5, 0.6) is 0 Å². The van der Waals surface area contributed by atoms with Gasteiger partial charge in [0, 0.05) is 18.7 Å². The lowest BCUT2D eigenvalue weighted by Gasteiger charge is -2.15. The van der Waals surface area contributed by atoms with E-state index in [0.29, 0.717) is 34.7 Å². The maximum absolute atomic E-state index is 13.7. The molecule has 170 valence electrons. The third-order valence-corrected chi connectivity index (χ3v) is 5.53. The number of benzene rings is 3. The van der Waals surface area contributed by atoms with Crippen molar-refractivity contribution in [3.8, 4) is 5.69 Å². The van der Waals surface area contributed by atoms with Crippen LogP contribution < -0.4 is 10.9 Å². The van der Waals surface area contributed by atoms with E-state index in [4.69, 9.17) is 0 Å². The Labute approximate surface area is 202 Å². The Hall–Kier alpha value is -4.84. The largest absolute Gasteiger partial charge is 0.321 e. The van der Waals surface area contributed by atoms with Crippen LogP contribution in [0.4, 0.5) is 5.69 Å². The molecule has 0 aliphatic rings. The van der Waals surface area contributed by atoms with Gasteiger partial charge in [-0.25, -0.2) is 9.97 Å². The molecule has 0 aliphatic carbocycles. The third-order valence-electron chi connectivity index (χ3n) is 5.53. The average Bonchev–Trinajstić information content (AvgIpc) is 2.90. The van der Waals surface area contributed by atoms with Crippen molar-refractivity contribution in [2.24, 2.45) is 0 Å². The Morgan fingerprint density at radius 2 is 1.57 bits per heavy atom. The van der Waals surface area contributed by atoms with Gasteiger partial charge in [0.05, 0.1) is 11.4 Å². The minimum Gasteiger partial charge on any atom is -0.321 e. The first-order chi connectivity index (χ1) is 17.2. The predicted octanol–water partition coefficient (Wildman–Crippen LogP) is 5.02. The molecule has 1 N–H and O–H groups in total. The number of carbonyl (C=O) groups excluding carboxylic acids is 1. The fraction of sp³-hybridized carbons (Fsp3) is 0.0345.